The third-order valence-corrected chi connectivity index (χ3v) is 6.83. The number of carbonyl (C=O) groups excluding carboxylic acids is 1. The molecule has 1 unspecified atom stereocenters. The van der Waals surface area contributed by atoms with Crippen molar-refractivity contribution in [3.8, 4) is 0 Å². The largest absolute Gasteiger partial charge is 0.476 e. The van der Waals surface area contributed by atoms with Crippen LogP contribution in [0.3, 0.4) is 0 Å². The Labute approximate surface area is 170 Å². The zero-order valence-corrected chi connectivity index (χ0v) is 17.2. The summed E-state index contributed by atoms with van der Waals surface area (Å²) in [6, 6.07) is 6.00. The minimum absolute atomic E-state index is 0.0681. The topological polar surface area (TPSA) is 82.5 Å². The molecule has 1 amide bonds. The Bertz CT molecular complexity index is 843. The fourth-order valence-corrected chi connectivity index (χ4v) is 4.89. The average molecular weight is 426 g/mol. The third kappa shape index (κ3) is 5.15. The van der Waals surface area contributed by atoms with Crippen LogP contribution < -0.4 is 5.32 Å². The highest BCUT2D eigenvalue weighted by molar-refractivity contribution is 8.01. The molecule has 1 aliphatic rings. The molecule has 0 radical (unpaired) electrons. The summed E-state index contributed by atoms with van der Waals surface area (Å²) in [5, 5.41) is 14.5. The fraction of sp³-hybridized carbons (Fsp3) is 0.389. The van der Waals surface area contributed by atoms with E-state index in [0.29, 0.717) is 29.6 Å². The molecule has 144 valence electrons. The van der Waals surface area contributed by atoms with Crippen LogP contribution in [0.15, 0.2) is 27.9 Å². The second-order valence-electron chi connectivity index (χ2n) is 6.28. The van der Waals surface area contributed by atoms with Crippen molar-refractivity contribution in [3.63, 3.8) is 0 Å². The number of hydrogen-bond acceptors (Lipinski definition) is 6. The van der Waals surface area contributed by atoms with E-state index >= 15 is 0 Å². The van der Waals surface area contributed by atoms with E-state index in [1.165, 1.54) is 28.5 Å². The highest BCUT2D eigenvalue weighted by Gasteiger charge is 2.30. The lowest BCUT2D eigenvalue weighted by Crippen LogP contribution is -2.39. The maximum absolute atomic E-state index is 12.2. The van der Waals surface area contributed by atoms with Gasteiger partial charge in [-0.25, -0.2) is 9.78 Å². The molecular formula is C18H20ClN3O3S2. The first-order chi connectivity index (χ1) is 12.9. The lowest BCUT2D eigenvalue weighted by Gasteiger charge is -2.25. The van der Waals surface area contributed by atoms with Crippen LogP contribution in [0.2, 0.25) is 5.02 Å². The second kappa shape index (κ2) is 8.95. The van der Waals surface area contributed by atoms with Crippen LogP contribution in [-0.2, 0) is 4.79 Å². The van der Waals surface area contributed by atoms with Gasteiger partial charge in [0.1, 0.15) is 0 Å². The Kier molecular flexibility index (Phi) is 6.62. The first-order valence-corrected chi connectivity index (χ1v) is 10.8. The molecule has 2 N–H and O–H groups in total. The number of rotatable bonds is 8. The Morgan fingerprint density at radius 1 is 1.52 bits per heavy atom. The van der Waals surface area contributed by atoms with Gasteiger partial charge in [0.25, 0.3) is 0 Å². The summed E-state index contributed by atoms with van der Waals surface area (Å²) >= 11 is 8.95. The molecule has 2 aromatic rings. The van der Waals surface area contributed by atoms with E-state index in [1.807, 2.05) is 30.0 Å². The standard InChI is InChI=1S/C18H20ClN3O3S2/c1-11-2-3-12(8-14(11)19)20-9-13-4-5-16(23)22(13)6-7-26-18-21-15(10-27-18)17(24)25/h2-3,8,10,13,20H,4-7,9H2,1H3,(H,24,25). The van der Waals surface area contributed by atoms with Gasteiger partial charge in [0, 0.05) is 47.4 Å². The molecular weight excluding hydrogens is 406 g/mol. The van der Waals surface area contributed by atoms with E-state index in [2.05, 4.69) is 10.3 Å². The number of likely N-dealkylation sites (tertiary alicyclic amines) is 1. The van der Waals surface area contributed by atoms with Gasteiger partial charge in [0.15, 0.2) is 10.0 Å². The van der Waals surface area contributed by atoms with Gasteiger partial charge in [-0.15, -0.1) is 11.3 Å². The number of hydrogen-bond donors (Lipinski definition) is 2. The lowest BCUT2D eigenvalue weighted by atomic mass is 10.2. The van der Waals surface area contributed by atoms with Crippen molar-refractivity contribution in [2.75, 3.05) is 24.2 Å². The van der Waals surface area contributed by atoms with E-state index in [-0.39, 0.29) is 17.6 Å². The molecule has 0 bridgehead atoms. The van der Waals surface area contributed by atoms with Crippen LogP contribution >= 0.6 is 34.7 Å². The number of aromatic carboxylic acids is 1. The van der Waals surface area contributed by atoms with Crippen LogP contribution in [0, 0.1) is 6.92 Å². The number of carboxylic acid groups (broad SMARTS) is 1. The number of aryl methyl sites for hydroxylation is 1. The molecule has 3 rings (SSSR count). The predicted molar refractivity (Wildman–Crippen MR) is 109 cm³/mol. The van der Waals surface area contributed by atoms with Crippen molar-refractivity contribution in [2.45, 2.75) is 30.1 Å². The zero-order chi connectivity index (χ0) is 19.4. The minimum atomic E-state index is -1.02. The summed E-state index contributed by atoms with van der Waals surface area (Å²) in [7, 11) is 0. The SMILES string of the molecule is Cc1ccc(NCC2CCC(=O)N2CCSc2nc(C(=O)O)cs2)cc1Cl. The number of benzene rings is 1. The molecule has 1 aromatic heterocycles. The number of anilines is 1. The molecule has 1 aliphatic heterocycles. The fourth-order valence-electron chi connectivity index (χ4n) is 2.90. The summed E-state index contributed by atoms with van der Waals surface area (Å²) in [5.41, 5.74) is 2.05. The summed E-state index contributed by atoms with van der Waals surface area (Å²) in [5.74, 6) is -0.171. The Morgan fingerprint density at radius 3 is 3.04 bits per heavy atom. The number of amides is 1. The number of aromatic nitrogens is 1. The van der Waals surface area contributed by atoms with E-state index in [4.69, 9.17) is 16.7 Å². The number of nitrogens with one attached hydrogen (secondary N) is 1. The van der Waals surface area contributed by atoms with Gasteiger partial charge < -0.3 is 15.3 Å². The number of nitrogens with zero attached hydrogens (tertiary/aromatic N) is 2. The molecule has 0 aliphatic carbocycles. The van der Waals surface area contributed by atoms with Gasteiger partial charge in [-0.1, -0.05) is 29.4 Å². The molecule has 9 heteroatoms. The first-order valence-electron chi connectivity index (χ1n) is 8.55. The van der Waals surface area contributed by atoms with Crippen LogP contribution in [0.25, 0.3) is 0 Å². The van der Waals surface area contributed by atoms with Crippen molar-refractivity contribution < 1.29 is 14.7 Å². The highest BCUT2D eigenvalue weighted by Crippen LogP contribution is 2.26. The third-order valence-electron chi connectivity index (χ3n) is 4.43. The van der Waals surface area contributed by atoms with Crippen molar-refractivity contribution in [1.82, 2.24) is 9.88 Å². The number of carboxylic acids is 1. The normalized spacial score (nSPS) is 16.7. The minimum Gasteiger partial charge on any atom is -0.476 e. The summed E-state index contributed by atoms with van der Waals surface area (Å²) in [6.07, 6.45) is 1.39. The van der Waals surface area contributed by atoms with Gasteiger partial charge in [-0.05, 0) is 31.0 Å². The number of thiazole rings is 1. The van der Waals surface area contributed by atoms with E-state index in [0.717, 1.165) is 22.7 Å². The average Bonchev–Trinajstić information content (AvgIpc) is 3.24. The van der Waals surface area contributed by atoms with Crippen molar-refractivity contribution >= 4 is 52.3 Å². The molecule has 27 heavy (non-hydrogen) atoms. The van der Waals surface area contributed by atoms with Crippen molar-refractivity contribution in [2.24, 2.45) is 0 Å². The van der Waals surface area contributed by atoms with Crippen LogP contribution in [0.5, 0.6) is 0 Å². The number of halogens is 1. The highest BCUT2D eigenvalue weighted by atomic mass is 35.5. The van der Waals surface area contributed by atoms with Gasteiger partial charge in [0.05, 0.1) is 0 Å². The quantitative estimate of drug-likeness (QED) is 0.622. The van der Waals surface area contributed by atoms with Gasteiger partial charge in [-0.2, -0.15) is 0 Å². The van der Waals surface area contributed by atoms with Crippen LogP contribution in [-0.4, -0.2) is 51.8 Å². The lowest BCUT2D eigenvalue weighted by molar-refractivity contribution is -0.128. The molecule has 1 saturated heterocycles. The monoisotopic (exact) mass is 425 g/mol. The molecule has 1 fully saturated rings. The molecule has 6 nitrogen and oxygen atoms in total. The van der Waals surface area contributed by atoms with E-state index < -0.39 is 5.97 Å². The summed E-state index contributed by atoms with van der Waals surface area (Å²) < 4.78 is 0.711. The van der Waals surface area contributed by atoms with Gasteiger partial charge in [-0.3, -0.25) is 4.79 Å². The molecule has 0 spiro atoms. The van der Waals surface area contributed by atoms with Crippen molar-refractivity contribution in [3.05, 3.63) is 39.9 Å². The van der Waals surface area contributed by atoms with Crippen molar-refractivity contribution in [1.29, 1.82) is 0 Å². The maximum atomic E-state index is 12.2. The van der Waals surface area contributed by atoms with Crippen LogP contribution in [0.4, 0.5) is 5.69 Å². The summed E-state index contributed by atoms with van der Waals surface area (Å²) in [4.78, 5) is 29.0. The van der Waals surface area contributed by atoms with Gasteiger partial charge in [0.2, 0.25) is 5.91 Å². The molecule has 1 aromatic carbocycles. The molecule has 1 atom stereocenters. The van der Waals surface area contributed by atoms with Gasteiger partial charge >= 0.3 is 5.97 Å². The smallest absolute Gasteiger partial charge is 0.355 e. The second-order valence-corrected chi connectivity index (χ2v) is 8.88. The first kappa shape index (κ1) is 20.0. The molecule has 0 saturated carbocycles. The maximum Gasteiger partial charge on any atom is 0.355 e. The van der Waals surface area contributed by atoms with E-state index in [1.54, 1.807) is 0 Å². The Morgan fingerprint density at radius 2 is 2.33 bits per heavy atom. The van der Waals surface area contributed by atoms with Crippen LogP contribution in [0.1, 0.15) is 28.9 Å². The predicted octanol–water partition coefficient (Wildman–Crippen LogP) is 4.00. The zero-order valence-electron chi connectivity index (χ0n) is 14.8. The number of carbonyl (C=O) groups is 2. The summed E-state index contributed by atoms with van der Waals surface area (Å²) in [6.45, 7) is 3.26. The number of thioether (sulfide) groups is 1. The Balaban J connectivity index is 1.51. The van der Waals surface area contributed by atoms with E-state index in [9.17, 15) is 9.59 Å². The Hall–Kier alpha value is -1.77. The molecule has 2 heterocycles.